The van der Waals surface area contributed by atoms with Gasteiger partial charge in [-0.1, -0.05) is 89.2 Å². The second-order valence-corrected chi connectivity index (χ2v) is 9.28. The van der Waals surface area contributed by atoms with E-state index in [1.807, 2.05) is 12.2 Å². The van der Waals surface area contributed by atoms with Crippen molar-refractivity contribution in [1.82, 2.24) is 4.90 Å². The monoisotopic (exact) mass is 383 g/mol. The van der Waals surface area contributed by atoms with Crippen LogP contribution in [0.25, 0.3) is 0 Å². The first-order valence-corrected chi connectivity index (χ1v) is 12.1. The molecule has 2 aliphatic rings. The molecule has 1 aliphatic carbocycles. The predicted octanol–water partition coefficient (Wildman–Crippen LogP) is 8.36. The van der Waals surface area contributed by atoms with E-state index in [4.69, 9.17) is 0 Å². The van der Waals surface area contributed by atoms with E-state index in [2.05, 4.69) is 37.3 Å². The van der Waals surface area contributed by atoms with Gasteiger partial charge in [0.15, 0.2) is 0 Å². The standard InChI is InChI=1S/C27H45N/c1-4-17-25-19-11-9-14-22-27(20-12-7-6-8-13-21-27)23-15-10-16-24-28(3)26(25)18-5-2/h4-5,17-18H,1-2,6-16,19-24H2,3H3/b25-17-,26-18+. The summed E-state index contributed by atoms with van der Waals surface area (Å²) in [7, 11) is 2.24. The average molecular weight is 384 g/mol. The molecule has 1 spiro atoms. The van der Waals surface area contributed by atoms with Crippen molar-refractivity contribution in [1.29, 1.82) is 0 Å². The van der Waals surface area contributed by atoms with Gasteiger partial charge in [-0.15, -0.1) is 0 Å². The summed E-state index contributed by atoms with van der Waals surface area (Å²) in [6, 6.07) is 0. The summed E-state index contributed by atoms with van der Waals surface area (Å²) in [4.78, 5) is 2.44. The van der Waals surface area contributed by atoms with Gasteiger partial charge in [-0.2, -0.15) is 0 Å². The van der Waals surface area contributed by atoms with Gasteiger partial charge in [-0.05, 0) is 62.0 Å². The van der Waals surface area contributed by atoms with E-state index in [-0.39, 0.29) is 0 Å². The molecule has 0 aromatic carbocycles. The molecule has 0 radical (unpaired) electrons. The Labute approximate surface area is 175 Å². The van der Waals surface area contributed by atoms with Crippen molar-refractivity contribution < 1.29 is 0 Å². The van der Waals surface area contributed by atoms with Crippen LogP contribution in [0.15, 0.2) is 48.7 Å². The van der Waals surface area contributed by atoms with Crippen molar-refractivity contribution in [3.63, 3.8) is 0 Å². The number of allylic oxidation sites excluding steroid dienone is 5. The van der Waals surface area contributed by atoms with Crippen LogP contribution in [0.5, 0.6) is 0 Å². The van der Waals surface area contributed by atoms with Crippen LogP contribution in [0, 0.1) is 5.41 Å². The third-order valence-electron chi connectivity index (χ3n) is 7.10. The van der Waals surface area contributed by atoms with E-state index in [9.17, 15) is 0 Å². The number of hydrogen-bond acceptors (Lipinski definition) is 1. The Morgan fingerprint density at radius 1 is 0.679 bits per heavy atom. The van der Waals surface area contributed by atoms with Crippen molar-refractivity contribution in [3.05, 3.63) is 48.7 Å². The lowest BCUT2D eigenvalue weighted by Gasteiger charge is -2.36. The van der Waals surface area contributed by atoms with Crippen LogP contribution >= 0.6 is 0 Å². The summed E-state index contributed by atoms with van der Waals surface area (Å²) in [6.07, 6.45) is 30.9. The maximum Gasteiger partial charge on any atom is 0.0395 e. The Balaban J connectivity index is 2.07. The SMILES string of the molecule is C=C/C=C1/CCCCCC2(CCCCCCC2)CCCCCN(C)/C1=C/C=C. The Bertz CT molecular complexity index is 516. The molecule has 1 heterocycles. The smallest absolute Gasteiger partial charge is 0.0395 e. The molecule has 1 aliphatic heterocycles. The van der Waals surface area contributed by atoms with Gasteiger partial charge in [0.1, 0.15) is 0 Å². The number of nitrogens with zero attached hydrogens (tertiary/aromatic N) is 1. The normalized spacial score (nSPS) is 26.4. The van der Waals surface area contributed by atoms with Gasteiger partial charge in [-0.25, -0.2) is 0 Å². The molecule has 158 valence electrons. The van der Waals surface area contributed by atoms with Gasteiger partial charge in [0, 0.05) is 19.3 Å². The minimum absolute atomic E-state index is 0.671. The molecule has 1 nitrogen and oxygen atoms in total. The van der Waals surface area contributed by atoms with E-state index in [0.29, 0.717) is 5.41 Å². The van der Waals surface area contributed by atoms with Gasteiger partial charge < -0.3 is 4.90 Å². The van der Waals surface area contributed by atoms with E-state index in [0.717, 1.165) is 13.0 Å². The summed E-state index contributed by atoms with van der Waals surface area (Å²) in [5.41, 5.74) is 3.43. The molecule has 0 amide bonds. The molecule has 2 rings (SSSR count). The molecular formula is C27H45N. The highest BCUT2D eigenvalue weighted by atomic mass is 15.1. The van der Waals surface area contributed by atoms with Crippen molar-refractivity contribution in [2.24, 2.45) is 5.41 Å². The highest BCUT2D eigenvalue weighted by Crippen LogP contribution is 2.43. The van der Waals surface area contributed by atoms with Crippen LogP contribution in [-0.4, -0.2) is 18.5 Å². The Morgan fingerprint density at radius 2 is 1.18 bits per heavy atom. The third-order valence-corrected chi connectivity index (χ3v) is 7.10. The van der Waals surface area contributed by atoms with Crippen LogP contribution in [0.4, 0.5) is 0 Å². The molecule has 0 aromatic heterocycles. The van der Waals surface area contributed by atoms with Crippen molar-refractivity contribution in [3.8, 4) is 0 Å². The summed E-state index contributed by atoms with van der Waals surface area (Å²) in [5, 5.41) is 0. The van der Waals surface area contributed by atoms with Gasteiger partial charge >= 0.3 is 0 Å². The molecular weight excluding hydrogens is 338 g/mol. The number of hydrogen-bond donors (Lipinski definition) is 0. The van der Waals surface area contributed by atoms with Gasteiger partial charge in [0.2, 0.25) is 0 Å². The second kappa shape index (κ2) is 13.1. The van der Waals surface area contributed by atoms with Crippen LogP contribution in [0.2, 0.25) is 0 Å². The molecule has 1 heteroatoms. The zero-order valence-electron chi connectivity index (χ0n) is 18.7. The predicted molar refractivity (Wildman–Crippen MR) is 125 cm³/mol. The maximum absolute atomic E-state index is 3.96. The molecule has 1 saturated heterocycles. The number of rotatable bonds is 2. The quantitative estimate of drug-likeness (QED) is 0.463. The first-order chi connectivity index (χ1) is 13.7. The minimum Gasteiger partial charge on any atom is -0.374 e. The molecule has 0 N–H and O–H groups in total. The molecule has 0 atom stereocenters. The fourth-order valence-corrected chi connectivity index (χ4v) is 5.45. The molecule has 2 fully saturated rings. The highest BCUT2D eigenvalue weighted by molar-refractivity contribution is 5.34. The Morgan fingerprint density at radius 3 is 1.75 bits per heavy atom. The van der Waals surface area contributed by atoms with E-state index in [1.54, 1.807) is 0 Å². The van der Waals surface area contributed by atoms with E-state index in [1.165, 1.54) is 108 Å². The summed E-state index contributed by atoms with van der Waals surface area (Å²) in [5.74, 6) is 0. The first kappa shape index (κ1) is 23.0. The van der Waals surface area contributed by atoms with Crippen molar-refractivity contribution >= 4 is 0 Å². The van der Waals surface area contributed by atoms with Crippen LogP contribution in [-0.2, 0) is 0 Å². The van der Waals surface area contributed by atoms with Gasteiger partial charge in [-0.3, -0.25) is 0 Å². The van der Waals surface area contributed by atoms with E-state index >= 15 is 0 Å². The summed E-state index contributed by atoms with van der Waals surface area (Å²) >= 11 is 0. The fraction of sp³-hybridized carbons (Fsp3) is 0.704. The molecule has 28 heavy (non-hydrogen) atoms. The van der Waals surface area contributed by atoms with Crippen molar-refractivity contribution in [2.45, 2.75) is 103 Å². The van der Waals surface area contributed by atoms with Crippen LogP contribution in [0.1, 0.15) is 103 Å². The van der Waals surface area contributed by atoms with Crippen LogP contribution < -0.4 is 0 Å². The number of likely N-dealkylation sites (N-methyl/N-ethyl adjacent to an activating group) is 1. The van der Waals surface area contributed by atoms with Crippen LogP contribution in [0.3, 0.4) is 0 Å². The lowest BCUT2D eigenvalue weighted by atomic mass is 9.69. The first-order valence-electron chi connectivity index (χ1n) is 12.1. The Kier molecular flexibility index (Phi) is 10.8. The zero-order valence-corrected chi connectivity index (χ0v) is 18.7. The summed E-state index contributed by atoms with van der Waals surface area (Å²) in [6.45, 7) is 9.04. The van der Waals surface area contributed by atoms with E-state index < -0.39 is 0 Å². The third kappa shape index (κ3) is 7.64. The van der Waals surface area contributed by atoms with Crippen molar-refractivity contribution in [2.75, 3.05) is 13.6 Å². The topological polar surface area (TPSA) is 3.24 Å². The Hall–Kier alpha value is -1.24. The van der Waals surface area contributed by atoms with Gasteiger partial charge in [0.25, 0.3) is 0 Å². The molecule has 0 aromatic rings. The second-order valence-electron chi connectivity index (χ2n) is 9.28. The van der Waals surface area contributed by atoms with Gasteiger partial charge in [0.05, 0.1) is 0 Å². The molecule has 1 saturated carbocycles. The molecule has 0 bridgehead atoms. The fourth-order valence-electron chi connectivity index (χ4n) is 5.45. The minimum atomic E-state index is 0.671. The lowest BCUT2D eigenvalue weighted by Crippen LogP contribution is -2.23. The highest BCUT2D eigenvalue weighted by Gasteiger charge is 2.29. The zero-order chi connectivity index (χ0) is 20.1. The average Bonchev–Trinajstić information content (AvgIpc) is 2.67. The lowest BCUT2D eigenvalue weighted by molar-refractivity contribution is 0.162. The largest absolute Gasteiger partial charge is 0.374 e. The molecule has 0 unspecified atom stereocenters. The summed E-state index contributed by atoms with van der Waals surface area (Å²) < 4.78 is 0. The maximum atomic E-state index is 3.96.